The molecule has 0 spiro atoms. The summed E-state index contributed by atoms with van der Waals surface area (Å²) in [6.45, 7) is 2.24. The number of methoxy groups -OCH3 is 1. The zero-order valence-corrected chi connectivity index (χ0v) is 24.9. The zero-order chi connectivity index (χ0) is 32.9. The van der Waals surface area contributed by atoms with Gasteiger partial charge < -0.3 is 9.47 Å². The van der Waals surface area contributed by atoms with Gasteiger partial charge in [0.1, 0.15) is 0 Å². The van der Waals surface area contributed by atoms with E-state index in [-0.39, 0.29) is 29.7 Å². The van der Waals surface area contributed by atoms with Gasteiger partial charge in [-0.15, -0.1) is 0 Å². The van der Waals surface area contributed by atoms with Crippen LogP contribution in [0.1, 0.15) is 67.0 Å². The minimum absolute atomic E-state index is 0.0372. The Kier molecular flexibility index (Phi) is 9.17. The van der Waals surface area contributed by atoms with E-state index in [1.165, 1.54) is 4.90 Å². The number of nitrogens with zero attached hydrogens (tertiary/aromatic N) is 2. The van der Waals surface area contributed by atoms with Gasteiger partial charge in [0, 0.05) is 10.5 Å². The predicted octanol–water partition coefficient (Wildman–Crippen LogP) is 9.35. The first-order chi connectivity index (χ1) is 20.2. The Morgan fingerprint density at radius 2 is 1.57 bits per heavy atom. The molecular formula is C28H26BrF9N2O4. The maximum absolute atomic E-state index is 13.8. The van der Waals surface area contributed by atoms with Crippen LogP contribution in [0.25, 0.3) is 0 Å². The van der Waals surface area contributed by atoms with Crippen molar-refractivity contribution in [1.82, 2.24) is 4.90 Å². The monoisotopic (exact) mass is 704 g/mol. The van der Waals surface area contributed by atoms with Crippen LogP contribution in [-0.4, -0.2) is 36.3 Å². The summed E-state index contributed by atoms with van der Waals surface area (Å²) in [6, 6.07) is 0.777. The Labute approximate surface area is 254 Å². The number of benzene rings is 2. The molecule has 2 amide bonds. The van der Waals surface area contributed by atoms with E-state index in [0.717, 1.165) is 24.1 Å². The van der Waals surface area contributed by atoms with E-state index in [9.17, 15) is 49.1 Å². The van der Waals surface area contributed by atoms with E-state index < -0.39 is 82.2 Å². The van der Waals surface area contributed by atoms with Crippen LogP contribution < -0.4 is 4.90 Å². The Bertz CT molecular complexity index is 1420. The lowest BCUT2D eigenvalue weighted by Crippen LogP contribution is -2.50. The lowest BCUT2D eigenvalue weighted by molar-refractivity contribution is -0.143. The summed E-state index contributed by atoms with van der Waals surface area (Å²) >= 11 is 2.72. The third-order valence-corrected chi connectivity index (χ3v) is 8.31. The maximum atomic E-state index is 13.8. The summed E-state index contributed by atoms with van der Waals surface area (Å²) in [7, 11) is 0.915. The number of halogens is 10. The van der Waals surface area contributed by atoms with Gasteiger partial charge in [-0.05, 0) is 96.4 Å². The molecule has 2 atom stereocenters. The van der Waals surface area contributed by atoms with Crippen molar-refractivity contribution in [3.63, 3.8) is 0 Å². The highest BCUT2D eigenvalue weighted by atomic mass is 79.9. The van der Waals surface area contributed by atoms with Crippen LogP contribution in [0.5, 0.6) is 0 Å². The number of carbonyl (C=O) groups is 2. The summed E-state index contributed by atoms with van der Waals surface area (Å²) in [5.41, 5.74) is -5.31. The standard InChI is InChI=1S/C28H26BrF9N2O4/c1-13(2)44-25(42)40-20-7-6-16(26(30,31)32)9-18(20)22(11-21(40)14-4-5-14)39(24(41)43-3)12-15-8-17(27(33,34)35)10-19(23(15)29)28(36,37)38/h6-10,13-14,21-22H,4-5,11-12H2,1-3H3/t21-,22-/m1/s1. The van der Waals surface area contributed by atoms with Gasteiger partial charge >= 0.3 is 30.7 Å². The van der Waals surface area contributed by atoms with Crippen molar-refractivity contribution in [2.45, 2.75) is 76.4 Å². The maximum Gasteiger partial charge on any atom is 0.417 e. The van der Waals surface area contributed by atoms with Gasteiger partial charge in [-0.3, -0.25) is 9.80 Å². The smallest absolute Gasteiger partial charge is 0.417 e. The molecule has 0 radical (unpaired) electrons. The van der Waals surface area contributed by atoms with Crippen molar-refractivity contribution < 1.29 is 58.6 Å². The third-order valence-electron chi connectivity index (χ3n) is 7.38. The molecule has 4 rings (SSSR count). The highest BCUT2D eigenvalue weighted by Crippen LogP contribution is 2.50. The Morgan fingerprint density at radius 3 is 2.07 bits per heavy atom. The summed E-state index contributed by atoms with van der Waals surface area (Å²) in [5.74, 6) is -0.149. The SMILES string of the molecule is COC(=O)N(Cc1cc(C(F)(F)F)cc(C(F)(F)F)c1Br)[C@@H]1C[C@H](C2CC2)N(C(=O)OC(C)C)c2ccc(C(F)(F)F)cc21. The lowest BCUT2D eigenvalue weighted by atomic mass is 9.86. The van der Waals surface area contributed by atoms with Gasteiger partial charge in [-0.1, -0.05) is 0 Å². The van der Waals surface area contributed by atoms with Gasteiger partial charge in [-0.2, -0.15) is 39.5 Å². The highest BCUT2D eigenvalue weighted by molar-refractivity contribution is 9.10. The second-order valence-electron chi connectivity index (χ2n) is 10.8. The van der Waals surface area contributed by atoms with Crippen LogP contribution in [0.2, 0.25) is 0 Å². The van der Waals surface area contributed by atoms with Crippen LogP contribution in [0.15, 0.2) is 34.8 Å². The number of alkyl halides is 9. The normalized spacial score (nSPS) is 19.1. The molecule has 242 valence electrons. The average Bonchev–Trinajstić information content (AvgIpc) is 3.74. The number of ether oxygens (including phenoxy) is 2. The number of hydrogen-bond donors (Lipinski definition) is 0. The highest BCUT2D eigenvalue weighted by Gasteiger charge is 2.48. The molecule has 0 bridgehead atoms. The van der Waals surface area contributed by atoms with E-state index in [1.54, 1.807) is 13.8 Å². The molecule has 44 heavy (non-hydrogen) atoms. The van der Waals surface area contributed by atoms with Crippen molar-refractivity contribution in [3.05, 3.63) is 62.6 Å². The van der Waals surface area contributed by atoms with Crippen molar-refractivity contribution in [2.24, 2.45) is 5.92 Å². The molecule has 0 unspecified atom stereocenters. The third kappa shape index (κ3) is 7.04. The van der Waals surface area contributed by atoms with E-state index in [0.29, 0.717) is 25.0 Å². The molecule has 2 aromatic rings. The van der Waals surface area contributed by atoms with Crippen LogP contribution in [0.4, 0.5) is 54.8 Å². The lowest BCUT2D eigenvalue weighted by Gasteiger charge is -2.44. The van der Waals surface area contributed by atoms with Gasteiger partial charge in [0.05, 0.1) is 48.2 Å². The number of hydrogen-bond acceptors (Lipinski definition) is 4. The summed E-state index contributed by atoms with van der Waals surface area (Å²) in [5, 5.41) is 0. The Balaban J connectivity index is 1.92. The molecule has 2 aliphatic rings. The molecule has 1 fully saturated rings. The quantitative estimate of drug-likeness (QED) is 0.291. The van der Waals surface area contributed by atoms with Crippen LogP contribution in [-0.2, 0) is 34.5 Å². The predicted molar refractivity (Wildman–Crippen MR) is 142 cm³/mol. The first kappa shape index (κ1) is 33.7. The molecule has 2 aromatic carbocycles. The van der Waals surface area contributed by atoms with Crippen LogP contribution in [0.3, 0.4) is 0 Å². The number of carbonyl (C=O) groups excluding carboxylic acids is 2. The summed E-state index contributed by atoms with van der Waals surface area (Å²) in [4.78, 5) is 28.4. The van der Waals surface area contributed by atoms with Crippen molar-refractivity contribution >= 4 is 33.8 Å². The molecular weight excluding hydrogens is 679 g/mol. The summed E-state index contributed by atoms with van der Waals surface area (Å²) in [6.07, 6.45) is -16.9. The van der Waals surface area contributed by atoms with Gasteiger partial charge in [-0.25, -0.2) is 9.59 Å². The molecule has 16 heteroatoms. The first-order valence-electron chi connectivity index (χ1n) is 13.3. The molecule has 0 aromatic heterocycles. The number of amides is 2. The van der Waals surface area contributed by atoms with Crippen molar-refractivity contribution in [3.8, 4) is 0 Å². The minimum atomic E-state index is -5.22. The van der Waals surface area contributed by atoms with Gasteiger partial charge in [0.15, 0.2) is 0 Å². The molecule has 0 saturated heterocycles. The Hall–Kier alpha value is -3.17. The van der Waals surface area contributed by atoms with E-state index in [1.807, 2.05) is 0 Å². The number of anilines is 1. The average molecular weight is 705 g/mol. The fourth-order valence-electron chi connectivity index (χ4n) is 5.30. The fourth-order valence-corrected chi connectivity index (χ4v) is 5.88. The summed E-state index contributed by atoms with van der Waals surface area (Å²) < 4.78 is 133. The zero-order valence-electron chi connectivity index (χ0n) is 23.3. The minimum Gasteiger partial charge on any atom is -0.453 e. The molecule has 0 N–H and O–H groups in total. The van der Waals surface area contributed by atoms with Crippen molar-refractivity contribution in [1.29, 1.82) is 0 Å². The number of fused-ring (bicyclic) bond motifs is 1. The largest absolute Gasteiger partial charge is 0.453 e. The van der Waals surface area contributed by atoms with Gasteiger partial charge in [0.2, 0.25) is 0 Å². The molecule has 1 aliphatic heterocycles. The van der Waals surface area contributed by atoms with E-state index >= 15 is 0 Å². The van der Waals surface area contributed by atoms with E-state index in [4.69, 9.17) is 9.47 Å². The molecule has 1 aliphatic carbocycles. The van der Waals surface area contributed by atoms with Crippen LogP contribution in [0, 0.1) is 5.92 Å². The fraction of sp³-hybridized carbons (Fsp3) is 0.500. The molecule has 1 saturated carbocycles. The second-order valence-corrected chi connectivity index (χ2v) is 11.6. The van der Waals surface area contributed by atoms with Crippen molar-refractivity contribution in [2.75, 3.05) is 12.0 Å². The molecule has 6 nitrogen and oxygen atoms in total. The Morgan fingerprint density at radius 1 is 0.955 bits per heavy atom. The second kappa shape index (κ2) is 12.0. The van der Waals surface area contributed by atoms with Gasteiger partial charge in [0.25, 0.3) is 0 Å². The van der Waals surface area contributed by atoms with Crippen LogP contribution >= 0.6 is 15.9 Å². The number of rotatable bonds is 5. The molecule has 1 heterocycles. The topological polar surface area (TPSA) is 59.1 Å². The first-order valence-corrected chi connectivity index (χ1v) is 14.1. The van der Waals surface area contributed by atoms with E-state index in [2.05, 4.69) is 15.9 Å².